The molecule has 1 saturated heterocycles. The Morgan fingerprint density at radius 3 is 2.21 bits per heavy atom. The SMILES string of the molecule is Cc1cccc(C(=O)N(CC(=O)N2CCNCC2)Cc2ccc(Br)cc2)c1.O=C(O)C(F)(F)F. The molecule has 0 spiro atoms. The maximum atomic E-state index is 13.1. The van der Waals surface area contributed by atoms with Crippen LogP contribution in [0, 0.1) is 6.92 Å². The minimum absolute atomic E-state index is 0.00499. The molecule has 0 bridgehead atoms. The van der Waals surface area contributed by atoms with Gasteiger partial charge in [0.2, 0.25) is 5.91 Å². The lowest BCUT2D eigenvalue weighted by Gasteiger charge is -2.30. The maximum absolute atomic E-state index is 13.1. The highest BCUT2D eigenvalue weighted by Gasteiger charge is 2.38. The third-order valence-electron chi connectivity index (χ3n) is 4.88. The number of aryl methyl sites for hydroxylation is 1. The molecule has 0 saturated carbocycles. The number of hydrogen-bond donors (Lipinski definition) is 2. The van der Waals surface area contributed by atoms with E-state index in [0.29, 0.717) is 25.2 Å². The summed E-state index contributed by atoms with van der Waals surface area (Å²) in [5.41, 5.74) is 2.63. The number of amides is 2. The Morgan fingerprint density at radius 2 is 1.68 bits per heavy atom. The molecular weight excluding hydrogens is 519 g/mol. The summed E-state index contributed by atoms with van der Waals surface area (Å²) in [5.74, 6) is -2.88. The molecule has 7 nitrogen and oxygen atoms in total. The topological polar surface area (TPSA) is 90.0 Å². The molecule has 0 radical (unpaired) electrons. The lowest BCUT2D eigenvalue weighted by atomic mass is 10.1. The second-order valence-electron chi connectivity index (χ2n) is 7.59. The maximum Gasteiger partial charge on any atom is 0.490 e. The van der Waals surface area contributed by atoms with E-state index in [2.05, 4.69) is 21.2 Å². The summed E-state index contributed by atoms with van der Waals surface area (Å²) in [5, 5.41) is 10.4. The molecule has 2 aromatic carbocycles. The van der Waals surface area contributed by atoms with Crippen LogP contribution in [0.5, 0.6) is 0 Å². The number of carboxylic acid groups (broad SMARTS) is 1. The highest BCUT2D eigenvalue weighted by atomic mass is 79.9. The van der Waals surface area contributed by atoms with E-state index in [0.717, 1.165) is 28.7 Å². The largest absolute Gasteiger partial charge is 0.490 e. The van der Waals surface area contributed by atoms with Crippen molar-refractivity contribution in [3.8, 4) is 0 Å². The molecule has 2 amide bonds. The summed E-state index contributed by atoms with van der Waals surface area (Å²) >= 11 is 3.43. The quantitative estimate of drug-likeness (QED) is 0.602. The second-order valence-corrected chi connectivity index (χ2v) is 8.51. The van der Waals surface area contributed by atoms with Crippen LogP contribution >= 0.6 is 15.9 Å². The van der Waals surface area contributed by atoms with E-state index in [4.69, 9.17) is 9.90 Å². The minimum Gasteiger partial charge on any atom is -0.475 e. The van der Waals surface area contributed by atoms with Gasteiger partial charge in [-0.2, -0.15) is 13.2 Å². The molecule has 34 heavy (non-hydrogen) atoms. The molecule has 0 aromatic heterocycles. The number of aliphatic carboxylic acids is 1. The normalized spacial score (nSPS) is 13.5. The Kier molecular flexibility index (Phi) is 10.1. The van der Waals surface area contributed by atoms with Gasteiger partial charge in [0.05, 0.1) is 0 Å². The van der Waals surface area contributed by atoms with E-state index in [9.17, 15) is 22.8 Å². The molecule has 0 aliphatic carbocycles. The van der Waals surface area contributed by atoms with Crippen molar-refractivity contribution >= 4 is 33.7 Å². The number of halogens is 4. The number of carboxylic acids is 1. The highest BCUT2D eigenvalue weighted by Crippen LogP contribution is 2.16. The van der Waals surface area contributed by atoms with E-state index < -0.39 is 12.1 Å². The van der Waals surface area contributed by atoms with Gasteiger partial charge < -0.3 is 20.2 Å². The molecule has 0 unspecified atom stereocenters. The van der Waals surface area contributed by atoms with Gasteiger partial charge in [0.1, 0.15) is 6.54 Å². The van der Waals surface area contributed by atoms with E-state index >= 15 is 0 Å². The Hall–Kier alpha value is -2.92. The van der Waals surface area contributed by atoms with Crippen molar-refractivity contribution in [2.45, 2.75) is 19.6 Å². The minimum atomic E-state index is -5.08. The van der Waals surface area contributed by atoms with Crippen LogP contribution in [0.2, 0.25) is 0 Å². The van der Waals surface area contributed by atoms with Crippen LogP contribution in [0.15, 0.2) is 53.0 Å². The molecule has 3 rings (SSSR count). The number of carbonyl (C=O) groups excluding carboxylic acids is 2. The summed E-state index contributed by atoms with van der Waals surface area (Å²) in [6.07, 6.45) is -5.08. The summed E-state index contributed by atoms with van der Waals surface area (Å²) in [7, 11) is 0. The third kappa shape index (κ3) is 8.79. The Morgan fingerprint density at radius 1 is 1.09 bits per heavy atom. The van der Waals surface area contributed by atoms with E-state index in [-0.39, 0.29) is 18.4 Å². The molecule has 2 aromatic rings. The predicted octanol–water partition coefficient (Wildman–Crippen LogP) is 3.47. The van der Waals surface area contributed by atoms with Crippen LogP contribution in [0.25, 0.3) is 0 Å². The van der Waals surface area contributed by atoms with Crippen LogP contribution in [0.3, 0.4) is 0 Å². The van der Waals surface area contributed by atoms with Gasteiger partial charge in [-0.25, -0.2) is 4.79 Å². The Bertz CT molecular complexity index is 994. The fourth-order valence-electron chi connectivity index (χ4n) is 3.15. The van der Waals surface area contributed by atoms with Crippen LogP contribution in [0.4, 0.5) is 13.2 Å². The number of benzene rings is 2. The molecule has 11 heteroatoms. The monoisotopic (exact) mass is 543 g/mol. The van der Waals surface area contributed by atoms with Crippen molar-refractivity contribution in [3.63, 3.8) is 0 Å². The molecule has 184 valence electrons. The first-order valence-electron chi connectivity index (χ1n) is 10.4. The summed E-state index contributed by atoms with van der Waals surface area (Å²) < 4.78 is 32.7. The van der Waals surface area contributed by atoms with Gasteiger partial charge in [-0.05, 0) is 36.8 Å². The summed E-state index contributed by atoms with van der Waals surface area (Å²) in [6.45, 7) is 5.41. The fraction of sp³-hybridized carbons (Fsp3) is 0.348. The second kappa shape index (κ2) is 12.5. The zero-order valence-electron chi connectivity index (χ0n) is 18.4. The summed E-state index contributed by atoms with van der Waals surface area (Å²) in [6, 6.07) is 15.3. The number of nitrogens with zero attached hydrogens (tertiary/aromatic N) is 2. The molecule has 0 atom stereocenters. The van der Waals surface area contributed by atoms with Crippen molar-refractivity contribution in [2.75, 3.05) is 32.7 Å². The van der Waals surface area contributed by atoms with Crippen LogP contribution in [-0.4, -0.2) is 71.6 Å². The lowest BCUT2D eigenvalue weighted by molar-refractivity contribution is -0.192. The zero-order chi connectivity index (χ0) is 25.3. The first kappa shape index (κ1) is 27.3. The molecule has 1 heterocycles. The van der Waals surface area contributed by atoms with E-state index in [1.54, 1.807) is 11.0 Å². The van der Waals surface area contributed by atoms with Crippen LogP contribution in [0.1, 0.15) is 21.5 Å². The van der Waals surface area contributed by atoms with Crippen molar-refractivity contribution in [1.82, 2.24) is 15.1 Å². The molecule has 1 aliphatic rings. The number of carbonyl (C=O) groups is 3. The lowest BCUT2D eigenvalue weighted by Crippen LogP contribution is -2.50. The van der Waals surface area contributed by atoms with E-state index in [1.807, 2.05) is 54.3 Å². The molecule has 2 N–H and O–H groups in total. The molecule has 1 fully saturated rings. The predicted molar refractivity (Wildman–Crippen MR) is 123 cm³/mol. The van der Waals surface area contributed by atoms with Gasteiger partial charge in [-0.15, -0.1) is 0 Å². The molecule has 1 aliphatic heterocycles. The first-order valence-corrected chi connectivity index (χ1v) is 11.2. The van der Waals surface area contributed by atoms with E-state index in [1.165, 1.54) is 0 Å². The van der Waals surface area contributed by atoms with Gasteiger partial charge in [0.15, 0.2) is 0 Å². The van der Waals surface area contributed by atoms with Gasteiger partial charge in [-0.1, -0.05) is 45.8 Å². The van der Waals surface area contributed by atoms with Crippen molar-refractivity contribution in [1.29, 1.82) is 0 Å². The van der Waals surface area contributed by atoms with Crippen molar-refractivity contribution in [2.24, 2.45) is 0 Å². The number of hydrogen-bond acceptors (Lipinski definition) is 4. The summed E-state index contributed by atoms with van der Waals surface area (Å²) in [4.78, 5) is 38.2. The standard InChI is InChI=1S/C21H24BrN3O2.C2HF3O2/c1-16-3-2-4-18(13-16)21(27)25(14-17-5-7-19(22)8-6-17)15-20(26)24-11-9-23-10-12-24;3-2(4,5)1(6)7/h2-8,13,23H,9-12,14-15H2,1H3;(H,6,7). The van der Waals surface area contributed by atoms with Gasteiger partial charge in [0, 0.05) is 42.8 Å². The average Bonchev–Trinajstić information content (AvgIpc) is 2.80. The Balaban J connectivity index is 0.000000509. The number of alkyl halides is 3. The first-order chi connectivity index (χ1) is 16.0. The Labute approximate surface area is 203 Å². The van der Waals surface area contributed by atoms with Crippen molar-refractivity contribution < 1.29 is 32.7 Å². The van der Waals surface area contributed by atoms with Crippen LogP contribution < -0.4 is 5.32 Å². The third-order valence-corrected chi connectivity index (χ3v) is 5.41. The van der Waals surface area contributed by atoms with Gasteiger partial charge >= 0.3 is 12.1 Å². The number of piperazine rings is 1. The van der Waals surface area contributed by atoms with Crippen molar-refractivity contribution in [3.05, 3.63) is 69.7 Å². The zero-order valence-corrected chi connectivity index (χ0v) is 20.0. The van der Waals surface area contributed by atoms with Gasteiger partial charge in [-0.3, -0.25) is 9.59 Å². The number of rotatable bonds is 5. The van der Waals surface area contributed by atoms with Gasteiger partial charge in [0.25, 0.3) is 5.91 Å². The van der Waals surface area contributed by atoms with Crippen LogP contribution in [-0.2, 0) is 16.1 Å². The highest BCUT2D eigenvalue weighted by molar-refractivity contribution is 9.10. The smallest absolute Gasteiger partial charge is 0.475 e. The number of nitrogens with one attached hydrogen (secondary N) is 1. The average molecular weight is 544 g/mol. The fourth-order valence-corrected chi connectivity index (χ4v) is 3.41. The molecular formula is C23H25BrF3N3O4.